The highest BCUT2D eigenvalue weighted by Gasteiger charge is 2.31. The Hall–Kier alpha value is -1.30. The highest BCUT2D eigenvalue weighted by atomic mass is 35.5. The second kappa shape index (κ2) is 5.77. The smallest absolute Gasteiger partial charge is 0.265 e. The van der Waals surface area contributed by atoms with E-state index in [-0.39, 0.29) is 5.91 Å². The average Bonchev–Trinajstić information content (AvgIpc) is 2.69. The third-order valence-corrected chi connectivity index (χ3v) is 3.56. The molecular weight excluding hydrogens is 282 g/mol. The molecule has 100 valence electrons. The maximum atomic E-state index is 12.3. The number of rotatable bonds is 2. The van der Waals surface area contributed by atoms with Crippen LogP contribution in [0.15, 0.2) is 35.0 Å². The Bertz CT molecular complexity index is 569. The van der Waals surface area contributed by atoms with Crippen LogP contribution in [0.5, 0.6) is 0 Å². The molecule has 1 aromatic rings. The van der Waals surface area contributed by atoms with E-state index in [9.17, 15) is 4.79 Å². The molecule has 4 nitrogen and oxygen atoms in total. The van der Waals surface area contributed by atoms with E-state index in [1.165, 1.54) is 16.8 Å². The van der Waals surface area contributed by atoms with Gasteiger partial charge in [-0.1, -0.05) is 41.6 Å². The van der Waals surface area contributed by atoms with Crippen molar-refractivity contribution < 1.29 is 4.79 Å². The van der Waals surface area contributed by atoms with Gasteiger partial charge in [0, 0.05) is 19.1 Å². The molecule has 0 spiro atoms. The first-order chi connectivity index (χ1) is 9.04. The van der Waals surface area contributed by atoms with Crippen LogP contribution >= 0.6 is 23.4 Å². The van der Waals surface area contributed by atoms with E-state index in [1.54, 1.807) is 17.2 Å². The second-order valence-corrected chi connectivity index (χ2v) is 5.29. The molecule has 19 heavy (non-hydrogen) atoms. The first kappa shape index (κ1) is 14.1. The Morgan fingerprint density at radius 1 is 1.37 bits per heavy atom. The minimum atomic E-state index is -0.144. The van der Waals surface area contributed by atoms with Gasteiger partial charge in [-0.2, -0.15) is 0 Å². The van der Waals surface area contributed by atoms with Crippen molar-refractivity contribution in [1.82, 2.24) is 10.0 Å². The minimum Gasteiger partial charge on any atom is -0.265 e. The third kappa shape index (κ3) is 2.83. The maximum absolute atomic E-state index is 12.3. The fourth-order valence-electron chi connectivity index (χ4n) is 1.71. The third-order valence-electron chi connectivity index (χ3n) is 2.59. The standard InChI is InChI=1S/C13H14ClN3OS/c1-16(2)17-12(18)11(15-13(17)19-3)8-9-6-4-5-7-10(9)14/h4-8H,1-3H3/b11-8-. The predicted octanol–water partition coefficient (Wildman–Crippen LogP) is 2.72. The number of hydrogen-bond acceptors (Lipinski definition) is 4. The number of thioether (sulfide) groups is 1. The summed E-state index contributed by atoms with van der Waals surface area (Å²) in [6, 6.07) is 7.37. The summed E-state index contributed by atoms with van der Waals surface area (Å²) >= 11 is 7.52. The second-order valence-electron chi connectivity index (χ2n) is 4.11. The van der Waals surface area contributed by atoms with Crippen molar-refractivity contribution in [3.8, 4) is 0 Å². The molecule has 0 bridgehead atoms. The van der Waals surface area contributed by atoms with Gasteiger partial charge in [0.05, 0.1) is 0 Å². The van der Waals surface area contributed by atoms with Crippen molar-refractivity contribution in [3.63, 3.8) is 0 Å². The normalized spacial score (nSPS) is 17.5. The van der Waals surface area contributed by atoms with Crippen LogP contribution < -0.4 is 0 Å². The summed E-state index contributed by atoms with van der Waals surface area (Å²) in [5.41, 5.74) is 1.18. The van der Waals surface area contributed by atoms with Crippen LogP contribution in [0.3, 0.4) is 0 Å². The Labute approximate surface area is 121 Å². The van der Waals surface area contributed by atoms with E-state index in [0.29, 0.717) is 15.9 Å². The van der Waals surface area contributed by atoms with Crippen molar-refractivity contribution in [1.29, 1.82) is 0 Å². The molecule has 0 aromatic heterocycles. The minimum absolute atomic E-state index is 0.144. The lowest BCUT2D eigenvalue weighted by atomic mass is 10.2. The van der Waals surface area contributed by atoms with Crippen molar-refractivity contribution in [2.45, 2.75) is 0 Å². The van der Waals surface area contributed by atoms with E-state index in [2.05, 4.69) is 4.99 Å². The zero-order chi connectivity index (χ0) is 14.0. The van der Waals surface area contributed by atoms with Gasteiger partial charge in [-0.3, -0.25) is 4.79 Å². The van der Waals surface area contributed by atoms with Crippen molar-refractivity contribution in [2.24, 2.45) is 4.99 Å². The van der Waals surface area contributed by atoms with Crippen molar-refractivity contribution in [2.75, 3.05) is 20.4 Å². The molecular formula is C13H14ClN3OS. The number of amides is 1. The molecule has 0 fully saturated rings. The summed E-state index contributed by atoms with van der Waals surface area (Å²) in [4.78, 5) is 16.6. The Kier molecular flexibility index (Phi) is 4.29. The molecule has 6 heteroatoms. The fraction of sp³-hybridized carbons (Fsp3) is 0.231. The van der Waals surface area contributed by atoms with Gasteiger partial charge in [-0.05, 0) is 24.0 Å². The lowest BCUT2D eigenvalue weighted by Crippen LogP contribution is -2.41. The number of hydrazine groups is 1. The fourth-order valence-corrected chi connectivity index (χ4v) is 2.51. The van der Waals surface area contributed by atoms with Crippen LogP contribution in [0.2, 0.25) is 5.02 Å². The molecule has 1 aromatic carbocycles. The van der Waals surface area contributed by atoms with Crippen LogP contribution in [-0.2, 0) is 4.79 Å². The van der Waals surface area contributed by atoms with E-state index in [1.807, 2.05) is 38.6 Å². The summed E-state index contributed by atoms with van der Waals surface area (Å²) in [5.74, 6) is -0.144. The van der Waals surface area contributed by atoms with Gasteiger partial charge in [0.15, 0.2) is 5.17 Å². The monoisotopic (exact) mass is 295 g/mol. The first-order valence-electron chi connectivity index (χ1n) is 5.65. The van der Waals surface area contributed by atoms with E-state index < -0.39 is 0 Å². The molecule has 1 amide bonds. The van der Waals surface area contributed by atoms with Gasteiger partial charge in [0.2, 0.25) is 0 Å². The molecule has 0 atom stereocenters. The Morgan fingerprint density at radius 3 is 2.58 bits per heavy atom. The van der Waals surface area contributed by atoms with Crippen molar-refractivity contribution >= 4 is 40.5 Å². The molecule has 0 unspecified atom stereocenters. The largest absolute Gasteiger partial charge is 0.293 e. The Balaban J connectivity index is 2.40. The van der Waals surface area contributed by atoms with Crippen LogP contribution in [0.4, 0.5) is 0 Å². The van der Waals surface area contributed by atoms with Crippen LogP contribution in [-0.4, -0.2) is 41.4 Å². The summed E-state index contributed by atoms with van der Waals surface area (Å²) in [7, 11) is 3.62. The lowest BCUT2D eigenvalue weighted by Gasteiger charge is -2.23. The molecule has 2 rings (SSSR count). The number of amidine groups is 1. The van der Waals surface area contributed by atoms with Gasteiger partial charge in [-0.15, -0.1) is 0 Å². The molecule has 0 saturated carbocycles. The zero-order valence-electron chi connectivity index (χ0n) is 10.9. The number of aliphatic imine (C=N–C) groups is 1. The number of hydrogen-bond donors (Lipinski definition) is 0. The molecule has 1 aliphatic heterocycles. The van der Waals surface area contributed by atoms with Gasteiger partial charge in [-0.25, -0.2) is 15.0 Å². The summed E-state index contributed by atoms with van der Waals surface area (Å²) in [5, 5.41) is 4.51. The predicted molar refractivity (Wildman–Crippen MR) is 80.9 cm³/mol. The average molecular weight is 296 g/mol. The van der Waals surface area contributed by atoms with Gasteiger partial charge >= 0.3 is 0 Å². The summed E-state index contributed by atoms with van der Waals surface area (Å²) in [6.45, 7) is 0. The highest BCUT2D eigenvalue weighted by Crippen LogP contribution is 2.25. The SMILES string of the molecule is CSC1=N/C(=C\c2ccccc2Cl)C(=O)N1N(C)C. The topological polar surface area (TPSA) is 35.9 Å². The Morgan fingerprint density at radius 2 is 2.05 bits per heavy atom. The van der Waals surface area contributed by atoms with Gasteiger partial charge in [0.25, 0.3) is 5.91 Å². The van der Waals surface area contributed by atoms with E-state index in [0.717, 1.165) is 5.56 Å². The quantitative estimate of drug-likeness (QED) is 0.787. The van der Waals surface area contributed by atoms with Crippen LogP contribution in [0, 0.1) is 0 Å². The van der Waals surface area contributed by atoms with Crippen molar-refractivity contribution in [3.05, 3.63) is 40.5 Å². The van der Waals surface area contributed by atoms with Crippen LogP contribution in [0.25, 0.3) is 6.08 Å². The molecule has 0 N–H and O–H groups in total. The number of halogens is 1. The summed E-state index contributed by atoms with van der Waals surface area (Å²) in [6.07, 6.45) is 3.60. The van der Waals surface area contributed by atoms with E-state index in [4.69, 9.17) is 11.6 Å². The molecule has 0 saturated heterocycles. The summed E-state index contributed by atoms with van der Waals surface area (Å²) < 4.78 is 0. The zero-order valence-corrected chi connectivity index (χ0v) is 12.5. The number of nitrogens with zero attached hydrogens (tertiary/aromatic N) is 3. The van der Waals surface area contributed by atoms with Gasteiger partial charge < -0.3 is 0 Å². The highest BCUT2D eigenvalue weighted by molar-refractivity contribution is 8.13. The number of carbonyl (C=O) groups is 1. The maximum Gasteiger partial charge on any atom is 0.293 e. The first-order valence-corrected chi connectivity index (χ1v) is 7.25. The molecule has 0 aliphatic carbocycles. The van der Waals surface area contributed by atoms with Gasteiger partial charge in [0.1, 0.15) is 5.70 Å². The lowest BCUT2D eigenvalue weighted by molar-refractivity contribution is -0.130. The molecule has 0 radical (unpaired) electrons. The molecule has 1 aliphatic rings. The van der Waals surface area contributed by atoms with Crippen LogP contribution in [0.1, 0.15) is 5.56 Å². The molecule has 1 heterocycles. The number of carbonyl (C=O) groups excluding carboxylic acids is 1. The number of benzene rings is 1. The van der Waals surface area contributed by atoms with E-state index >= 15 is 0 Å².